The van der Waals surface area contributed by atoms with Crippen LogP contribution in [0.4, 0.5) is 21.0 Å². The van der Waals surface area contributed by atoms with Crippen molar-refractivity contribution in [2.75, 3.05) is 10.6 Å². The number of nitrogens with one attached hydrogen (secondary N) is 4. The Morgan fingerprint density at radius 3 is 1.20 bits per heavy atom. The number of anilines is 2. The number of benzene rings is 4. The van der Waals surface area contributed by atoms with Gasteiger partial charge < -0.3 is 49.7 Å². The summed E-state index contributed by atoms with van der Waals surface area (Å²) in [7, 11) is 0. The van der Waals surface area contributed by atoms with E-state index in [1.807, 2.05) is 106 Å². The Morgan fingerprint density at radius 1 is 0.489 bits per heavy atom. The molecule has 0 aliphatic rings. The molecule has 2 atom stereocenters. The number of aryl methyl sites for hydroxylation is 4. The molecular weight excluding hydrogens is 1140 g/mol. The first-order valence-electron chi connectivity index (χ1n) is 31.1. The molecule has 0 spiro atoms. The van der Waals surface area contributed by atoms with Gasteiger partial charge in [-0.3, -0.25) is 28.8 Å². The number of pyridine rings is 2. The monoisotopic (exact) mass is 1230 g/mol. The smallest absolute Gasteiger partial charge is 0.408 e. The molecule has 0 saturated carbocycles. The van der Waals surface area contributed by atoms with E-state index in [4.69, 9.17) is 14.2 Å². The summed E-state index contributed by atoms with van der Waals surface area (Å²) in [6, 6.07) is 34.0. The first-order chi connectivity index (χ1) is 42.4. The summed E-state index contributed by atoms with van der Waals surface area (Å²) in [5, 5.41) is 20.5. The Hall–Kier alpha value is -8.80. The van der Waals surface area contributed by atoms with Crippen molar-refractivity contribution in [1.29, 1.82) is 0 Å². The highest BCUT2D eigenvalue weighted by molar-refractivity contribution is 5.98. The summed E-state index contributed by atoms with van der Waals surface area (Å²) in [5.41, 5.74) is 2.78. The number of aliphatic carboxylic acids is 1. The third-order valence-corrected chi connectivity index (χ3v) is 15.4. The molecule has 0 aliphatic carbocycles. The van der Waals surface area contributed by atoms with Gasteiger partial charge in [-0.05, 0) is 144 Å². The summed E-state index contributed by atoms with van der Waals surface area (Å²) in [6.45, 7) is 25.7. The molecule has 18 nitrogen and oxygen atoms in total. The molecule has 6 rings (SSSR count). The van der Waals surface area contributed by atoms with Crippen LogP contribution < -0.4 is 32.4 Å². The summed E-state index contributed by atoms with van der Waals surface area (Å²) in [5.74, 6) is -1.22. The van der Waals surface area contributed by atoms with Crippen LogP contribution in [0.25, 0.3) is 0 Å². The second-order valence-electron chi connectivity index (χ2n) is 25.9. The van der Waals surface area contributed by atoms with Crippen molar-refractivity contribution in [3.63, 3.8) is 0 Å². The van der Waals surface area contributed by atoms with Crippen LogP contribution >= 0.6 is 0 Å². The van der Waals surface area contributed by atoms with Crippen LogP contribution in [0.15, 0.2) is 143 Å². The molecule has 6 aromatic rings. The van der Waals surface area contributed by atoms with E-state index in [0.29, 0.717) is 47.2 Å². The van der Waals surface area contributed by atoms with Gasteiger partial charge >= 0.3 is 24.1 Å². The fraction of sp³-hybridized carbons (Fsp3) is 0.444. The van der Waals surface area contributed by atoms with Gasteiger partial charge in [0.15, 0.2) is 0 Å². The summed E-state index contributed by atoms with van der Waals surface area (Å²) in [6.07, 6.45) is 8.02. The zero-order valence-electron chi connectivity index (χ0n) is 54.8. The molecule has 90 heavy (non-hydrogen) atoms. The molecule has 0 saturated heterocycles. The lowest BCUT2D eigenvalue weighted by Crippen LogP contribution is -2.46. The van der Waals surface area contributed by atoms with Gasteiger partial charge in [-0.1, -0.05) is 163 Å². The van der Waals surface area contributed by atoms with Crippen molar-refractivity contribution in [2.24, 2.45) is 11.8 Å². The minimum Gasteiger partial charge on any atom is -0.481 e. The average molecular weight is 1240 g/mol. The van der Waals surface area contributed by atoms with Gasteiger partial charge in [-0.25, -0.2) is 9.59 Å². The van der Waals surface area contributed by atoms with Crippen LogP contribution in [-0.2, 0) is 83.4 Å². The predicted octanol–water partition coefficient (Wildman–Crippen LogP) is 12.9. The van der Waals surface area contributed by atoms with Crippen molar-refractivity contribution in [2.45, 2.75) is 196 Å². The van der Waals surface area contributed by atoms with Crippen LogP contribution in [0.3, 0.4) is 0 Å². The lowest BCUT2D eigenvalue weighted by atomic mass is 9.84. The minimum atomic E-state index is -1.09. The summed E-state index contributed by atoms with van der Waals surface area (Å²) in [4.78, 5) is 104. The molecule has 0 bridgehead atoms. The van der Waals surface area contributed by atoms with Crippen molar-refractivity contribution in [1.82, 2.24) is 19.8 Å². The molecule has 0 radical (unpaired) electrons. The molecule has 2 heterocycles. The van der Waals surface area contributed by atoms with Crippen molar-refractivity contribution >= 4 is 47.3 Å². The van der Waals surface area contributed by atoms with Gasteiger partial charge in [0, 0.05) is 38.3 Å². The number of alkyl carbamates (subject to hydrolysis) is 2. The first-order valence-corrected chi connectivity index (χ1v) is 31.1. The van der Waals surface area contributed by atoms with E-state index in [2.05, 4.69) is 49.0 Å². The van der Waals surface area contributed by atoms with E-state index >= 15 is 0 Å². The van der Waals surface area contributed by atoms with Crippen LogP contribution in [0.5, 0.6) is 0 Å². The van der Waals surface area contributed by atoms with Crippen LogP contribution in [0.1, 0.15) is 159 Å². The summed E-state index contributed by atoms with van der Waals surface area (Å²) < 4.78 is 19.6. The van der Waals surface area contributed by atoms with Gasteiger partial charge in [-0.2, -0.15) is 0 Å². The fourth-order valence-corrected chi connectivity index (χ4v) is 9.54. The molecule has 2 unspecified atom stereocenters. The third kappa shape index (κ3) is 22.7. The topological polar surface area (TPSA) is 242 Å². The Labute approximate surface area is 530 Å². The van der Waals surface area contributed by atoms with Gasteiger partial charge in [0.25, 0.3) is 11.1 Å². The van der Waals surface area contributed by atoms with Crippen LogP contribution in [0.2, 0.25) is 0 Å². The Morgan fingerprint density at radius 2 is 0.856 bits per heavy atom. The van der Waals surface area contributed by atoms with Gasteiger partial charge in [-0.15, -0.1) is 0 Å². The number of carbonyl (C=O) groups is 6. The molecule has 484 valence electrons. The van der Waals surface area contributed by atoms with Gasteiger partial charge in [0.05, 0.1) is 10.8 Å². The number of rotatable bonds is 28. The molecule has 2 aromatic heterocycles. The molecule has 18 heteroatoms. The number of esters is 1. The number of carboxylic acids is 1. The number of carboxylic acid groups (broad SMARTS) is 1. The molecule has 0 aliphatic heterocycles. The number of amides is 4. The van der Waals surface area contributed by atoms with Crippen LogP contribution in [0, 0.1) is 25.7 Å². The number of ether oxygens (including phenoxy) is 3. The Bertz CT molecular complexity index is 3460. The van der Waals surface area contributed by atoms with E-state index in [-0.39, 0.29) is 54.5 Å². The number of aromatic nitrogens is 2. The van der Waals surface area contributed by atoms with Gasteiger partial charge in [0.2, 0.25) is 11.8 Å². The largest absolute Gasteiger partial charge is 0.481 e. The number of unbranched alkanes of at least 4 members (excludes halogenated alkanes) is 2. The predicted molar refractivity (Wildman–Crippen MR) is 352 cm³/mol. The third-order valence-electron chi connectivity index (χ3n) is 15.4. The number of nitrogens with zero attached hydrogens (tertiary/aromatic N) is 2. The lowest BCUT2D eigenvalue weighted by Gasteiger charge is -2.29. The number of hydrogen-bond donors (Lipinski definition) is 5. The zero-order valence-corrected chi connectivity index (χ0v) is 54.8. The second kappa shape index (κ2) is 33.7. The van der Waals surface area contributed by atoms with Crippen molar-refractivity contribution < 1.29 is 48.1 Å². The average Bonchev–Trinajstić information content (AvgIpc) is 0.903. The fourth-order valence-electron chi connectivity index (χ4n) is 9.54. The number of hydrogen-bond acceptors (Lipinski definition) is 11. The zero-order chi connectivity index (χ0) is 66.3. The standard InChI is InChI=1S/C38H51N3O6.C34H43N3O6/c1-26(2)14-12-13-22-41-23-21-27(3)32(34(41)43)40-33(42)31(39-36(45)46-25-29-15-10-9-11-16-29)24-28-17-19-30(20-18-28)38(7,8)35(44)47-37(4,5)6;1-23(2)11-9-10-19-37-20-18-24(3)29(31(37)39)36-30(38)28(35-33(42)43-22-26-12-7-6-8-13-26)21-25-14-16-27(17-15-25)34(4,5)32(40)41/h9-11,15-21,23,26,31H,12-14,22,24-25H2,1-8H3,(H,39,45)(H,40,42);6-8,12-18,20,23,28H,9-11,19,21-22H2,1-5H3,(H,35,42)(H,36,38)(H,40,41). The second-order valence-corrected chi connectivity index (χ2v) is 25.9. The quantitative estimate of drug-likeness (QED) is 0.0175. The highest BCUT2D eigenvalue weighted by Crippen LogP contribution is 2.29. The van der Waals surface area contributed by atoms with Crippen LogP contribution in [-0.4, -0.2) is 67.9 Å². The maximum absolute atomic E-state index is 13.7. The van der Waals surface area contributed by atoms with E-state index < -0.39 is 58.5 Å². The van der Waals surface area contributed by atoms with E-state index in [9.17, 15) is 43.5 Å². The van der Waals surface area contributed by atoms with Crippen molar-refractivity contribution in [3.05, 3.63) is 199 Å². The van der Waals surface area contributed by atoms with Gasteiger partial charge in [0.1, 0.15) is 42.3 Å². The maximum Gasteiger partial charge on any atom is 0.408 e. The molecule has 4 amide bonds. The normalized spacial score (nSPS) is 12.2. The van der Waals surface area contributed by atoms with E-state index in [0.717, 1.165) is 60.8 Å². The highest BCUT2D eigenvalue weighted by atomic mass is 16.6. The Balaban J connectivity index is 0.000000329. The Kier molecular flexibility index (Phi) is 26.9. The SMILES string of the molecule is Cc1ccn(CCCCC(C)C)c(=O)c1NC(=O)C(Cc1ccc(C(C)(C)C(=O)O)cc1)NC(=O)OCc1ccccc1.Cc1ccn(CCCCC(C)C)c(=O)c1NC(=O)C(Cc1ccc(C(C)(C)C(=O)OC(C)(C)C)cc1)NC(=O)OCc1ccccc1. The lowest BCUT2D eigenvalue weighted by molar-refractivity contribution is -0.160. The minimum absolute atomic E-state index is 0.0271. The first kappa shape index (κ1) is 71.9. The maximum atomic E-state index is 13.7. The molecular formula is C72H94N6O12. The molecule has 0 fully saturated rings. The van der Waals surface area contributed by atoms with E-state index in [1.165, 1.54) is 0 Å². The summed E-state index contributed by atoms with van der Waals surface area (Å²) >= 11 is 0. The van der Waals surface area contributed by atoms with E-state index in [1.54, 1.807) is 99.5 Å². The molecule has 4 aromatic carbocycles. The van der Waals surface area contributed by atoms with Crippen molar-refractivity contribution in [3.8, 4) is 0 Å². The molecule has 5 N–H and O–H groups in total. The number of carbonyl (C=O) groups excluding carboxylic acids is 5. The highest BCUT2D eigenvalue weighted by Gasteiger charge is 2.35.